The van der Waals surface area contributed by atoms with E-state index in [4.69, 9.17) is 0 Å². The molecule has 0 aliphatic carbocycles. The van der Waals surface area contributed by atoms with Crippen LogP contribution in [0.25, 0.3) is 0 Å². The zero-order valence-corrected chi connectivity index (χ0v) is 5.87. The SMILES string of the molecule is CCOC(=O)C1=CC(F)=N[N]1. The molecule has 0 aromatic rings. The van der Waals surface area contributed by atoms with Gasteiger partial charge in [0.05, 0.1) is 6.61 Å². The molecule has 1 aliphatic heterocycles. The molecule has 0 spiro atoms. The van der Waals surface area contributed by atoms with Crippen molar-refractivity contribution in [1.82, 2.24) is 5.43 Å². The quantitative estimate of drug-likeness (QED) is 0.542. The van der Waals surface area contributed by atoms with E-state index in [1.807, 2.05) is 0 Å². The first-order valence-electron chi connectivity index (χ1n) is 3.07. The molecule has 1 radical (unpaired) electrons. The van der Waals surface area contributed by atoms with Gasteiger partial charge < -0.3 is 4.74 Å². The van der Waals surface area contributed by atoms with Gasteiger partial charge in [0.25, 0.3) is 0 Å². The number of halogens is 1. The monoisotopic (exact) mass is 157 g/mol. The van der Waals surface area contributed by atoms with Gasteiger partial charge in [-0.05, 0) is 6.92 Å². The first-order valence-corrected chi connectivity index (χ1v) is 3.07. The molecule has 11 heavy (non-hydrogen) atoms. The molecule has 1 aliphatic rings. The summed E-state index contributed by atoms with van der Waals surface area (Å²) in [6, 6.07) is 0. The smallest absolute Gasteiger partial charge is 0.359 e. The summed E-state index contributed by atoms with van der Waals surface area (Å²) in [5, 5.41) is 3.00. The lowest BCUT2D eigenvalue weighted by molar-refractivity contribution is -0.138. The topological polar surface area (TPSA) is 52.8 Å². The second kappa shape index (κ2) is 3.14. The Labute approximate surface area is 62.7 Å². The van der Waals surface area contributed by atoms with E-state index in [-0.39, 0.29) is 12.3 Å². The van der Waals surface area contributed by atoms with Gasteiger partial charge in [-0.3, -0.25) is 0 Å². The fraction of sp³-hybridized carbons (Fsp3) is 0.333. The molecule has 0 atom stereocenters. The van der Waals surface area contributed by atoms with Crippen LogP contribution in [0.4, 0.5) is 4.39 Å². The number of carbonyl (C=O) groups excluding carboxylic acids is 1. The largest absolute Gasteiger partial charge is 0.461 e. The normalized spacial score (nSPS) is 15.1. The molecule has 0 fully saturated rings. The second-order valence-electron chi connectivity index (χ2n) is 1.77. The lowest BCUT2D eigenvalue weighted by Gasteiger charge is -1.97. The van der Waals surface area contributed by atoms with E-state index in [0.717, 1.165) is 6.08 Å². The minimum absolute atomic E-state index is 0.0932. The molecule has 0 saturated heterocycles. The Morgan fingerprint density at radius 2 is 2.55 bits per heavy atom. The van der Waals surface area contributed by atoms with E-state index in [2.05, 4.69) is 15.3 Å². The van der Waals surface area contributed by atoms with Crippen molar-refractivity contribution in [1.29, 1.82) is 0 Å². The Morgan fingerprint density at radius 3 is 3.00 bits per heavy atom. The van der Waals surface area contributed by atoms with Crippen molar-refractivity contribution in [2.24, 2.45) is 5.10 Å². The highest BCUT2D eigenvalue weighted by Crippen LogP contribution is 2.04. The third-order valence-electron chi connectivity index (χ3n) is 0.994. The zero-order chi connectivity index (χ0) is 8.27. The molecule has 1 rings (SSSR count). The Balaban J connectivity index is 2.52. The van der Waals surface area contributed by atoms with Crippen LogP contribution in [-0.2, 0) is 9.53 Å². The molecule has 0 N–H and O–H groups in total. The molecule has 0 unspecified atom stereocenters. The van der Waals surface area contributed by atoms with Crippen LogP contribution in [-0.4, -0.2) is 18.5 Å². The highest BCUT2D eigenvalue weighted by atomic mass is 19.1. The summed E-state index contributed by atoms with van der Waals surface area (Å²) in [6.07, 6.45) is 0.929. The van der Waals surface area contributed by atoms with Gasteiger partial charge in [0.1, 0.15) is 0 Å². The van der Waals surface area contributed by atoms with Crippen LogP contribution in [0, 0.1) is 0 Å². The van der Waals surface area contributed by atoms with Crippen molar-refractivity contribution in [2.45, 2.75) is 6.92 Å². The van der Waals surface area contributed by atoms with Crippen LogP contribution in [0.2, 0.25) is 0 Å². The molecule has 0 amide bonds. The molecule has 59 valence electrons. The number of esters is 1. The lowest BCUT2D eigenvalue weighted by atomic mass is 10.4. The highest BCUT2D eigenvalue weighted by molar-refractivity contribution is 5.99. The fourth-order valence-corrected chi connectivity index (χ4v) is 0.577. The van der Waals surface area contributed by atoms with E-state index in [0.29, 0.717) is 0 Å². The molecular formula is C6H6FN2O2. The molecular weight excluding hydrogens is 151 g/mol. The number of hydrogen-bond donors (Lipinski definition) is 0. The average Bonchev–Trinajstić information content (AvgIpc) is 2.36. The Morgan fingerprint density at radius 1 is 1.82 bits per heavy atom. The van der Waals surface area contributed by atoms with Crippen molar-refractivity contribution in [3.63, 3.8) is 0 Å². The van der Waals surface area contributed by atoms with Gasteiger partial charge in [-0.1, -0.05) is 0 Å². The maximum atomic E-state index is 12.1. The van der Waals surface area contributed by atoms with E-state index in [1.54, 1.807) is 6.92 Å². The van der Waals surface area contributed by atoms with E-state index in [1.165, 1.54) is 0 Å². The minimum atomic E-state index is -0.770. The third kappa shape index (κ3) is 1.76. The third-order valence-corrected chi connectivity index (χ3v) is 0.994. The highest BCUT2D eigenvalue weighted by Gasteiger charge is 2.17. The summed E-state index contributed by atoms with van der Waals surface area (Å²) in [6.45, 7) is 1.90. The fourth-order valence-electron chi connectivity index (χ4n) is 0.577. The number of allylic oxidation sites excluding steroid dienone is 1. The molecule has 0 aromatic heterocycles. The van der Waals surface area contributed by atoms with Gasteiger partial charge in [-0.25, -0.2) is 4.79 Å². The summed E-state index contributed by atoms with van der Waals surface area (Å²) in [7, 11) is 0. The maximum Gasteiger partial charge on any atom is 0.359 e. The summed E-state index contributed by atoms with van der Waals surface area (Å²) in [5.74, 6) is -1.42. The first-order chi connectivity index (χ1) is 5.24. The summed E-state index contributed by atoms with van der Waals surface area (Å²) in [5.41, 5.74) is 3.14. The maximum absolute atomic E-state index is 12.1. The molecule has 0 aromatic carbocycles. The van der Waals surface area contributed by atoms with Crippen molar-refractivity contribution < 1.29 is 13.9 Å². The number of ether oxygens (including phenoxy) is 1. The van der Waals surface area contributed by atoms with Crippen LogP contribution in [0.15, 0.2) is 16.9 Å². The Kier molecular flexibility index (Phi) is 2.20. The van der Waals surface area contributed by atoms with Crippen molar-refractivity contribution in [3.05, 3.63) is 11.8 Å². The number of nitrogens with zero attached hydrogens (tertiary/aromatic N) is 2. The van der Waals surface area contributed by atoms with E-state index in [9.17, 15) is 9.18 Å². The minimum Gasteiger partial charge on any atom is -0.461 e. The van der Waals surface area contributed by atoms with E-state index >= 15 is 0 Å². The summed E-state index contributed by atoms with van der Waals surface area (Å²) in [4.78, 5) is 10.8. The lowest BCUT2D eigenvalue weighted by Crippen LogP contribution is -2.11. The van der Waals surface area contributed by atoms with Crippen molar-refractivity contribution >= 4 is 11.9 Å². The van der Waals surface area contributed by atoms with Crippen LogP contribution in [0.3, 0.4) is 0 Å². The number of hydrogen-bond acceptors (Lipinski definition) is 3. The summed E-state index contributed by atoms with van der Waals surface area (Å²) >= 11 is 0. The van der Waals surface area contributed by atoms with E-state index < -0.39 is 11.9 Å². The predicted octanol–water partition coefficient (Wildman–Crippen LogP) is 0.334. The molecule has 1 heterocycles. The van der Waals surface area contributed by atoms with Crippen molar-refractivity contribution in [3.8, 4) is 0 Å². The predicted molar refractivity (Wildman–Crippen MR) is 35.4 cm³/mol. The Bertz CT molecular complexity index is 235. The first kappa shape index (κ1) is 7.71. The molecule has 4 nitrogen and oxygen atoms in total. The standard InChI is InChI=1S/C6H6FN2O2/c1-2-11-6(10)4-3-5(7)9-8-4/h3H,2H2,1H3. The van der Waals surface area contributed by atoms with Crippen LogP contribution in [0.5, 0.6) is 0 Å². The van der Waals surface area contributed by atoms with Gasteiger partial charge >= 0.3 is 5.97 Å². The molecule has 0 bridgehead atoms. The number of rotatable bonds is 2. The number of carbonyl (C=O) groups is 1. The second-order valence-corrected chi connectivity index (χ2v) is 1.77. The van der Waals surface area contributed by atoms with Gasteiger partial charge in [-0.2, -0.15) is 4.39 Å². The summed E-state index contributed by atoms with van der Waals surface area (Å²) < 4.78 is 16.7. The Hall–Kier alpha value is -1.39. The van der Waals surface area contributed by atoms with Crippen LogP contribution >= 0.6 is 0 Å². The average molecular weight is 157 g/mol. The van der Waals surface area contributed by atoms with Crippen LogP contribution in [0.1, 0.15) is 6.92 Å². The van der Waals surface area contributed by atoms with Gasteiger partial charge in [0, 0.05) is 6.08 Å². The van der Waals surface area contributed by atoms with Crippen molar-refractivity contribution in [2.75, 3.05) is 6.61 Å². The molecule has 5 heteroatoms. The van der Waals surface area contributed by atoms with Gasteiger partial charge in [-0.15, -0.1) is 10.5 Å². The molecule has 0 saturated carbocycles. The van der Waals surface area contributed by atoms with Gasteiger partial charge in [0.2, 0.25) is 5.97 Å². The van der Waals surface area contributed by atoms with Gasteiger partial charge in [0.15, 0.2) is 5.70 Å². The zero-order valence-electron chi connectivity index (χ0n) is 5.87. The van der Waals surface area contributed by atoms with Crippen LogP contribution < -0.4 is 5.43 Å².